The van der Waals surface area contributed by atoms with Crippen molar-refractivity contribution in [2.45, 2.75) is 52.2 Å². The number of hydrogen-bond acceptors (Lipinski definition) is 4. The molecule has 1 aliphatic rings. The van der Waals surface area contributed by atoms with Crippen molar-refractivity contribution in [2.75, 3.05) is 13.2 Å². The van der Waals surface area contributed by atoms with Crippen LogP contribution in [0.4, 0.5) is 4.79 Å². The number of ether oxygens (including phenoxy) is 1. The predicted octanol–water partition coefficient (Wildman–Crippen LogP) is 2.19. The van der Waals surface area contributed by atoms with Gasteiger partial charge in [-0.3, -0.25) is 9.69 Å². The molecule has 0 spiro atoms. The lowest BCUT2D eigenvalue weighted by molar-refractivity contribution is -0.131. The molecule has 0 aliphatic carbocycles. The molecule has 6 nitrogen and oxygen atoms in total. The van der Waals surface area contributed by atoms with Crippen LogP contribution in [0.1, 0.15) is 44.7 Å². The first kappa shape index (κ1) is 18.3. The summed E-state index contributed by atoms with van der Waals surface area (Å²) < 4.78 is 5.60. The van der Waals surface area contributed by atoms with Crippen LogP contribution in [0, 0.1) is 6.92 Å². The maximum atomic E-state index is 12.1. The smallest absolute Gasteiger partial charge is 0.325 e. The topological polar surface area (TPSA) is 78.9 Å². The standard InChI is InChI=1S/C18H26N2O4/c1-11(2)15-7-6-14(8-12(15)3)24-10-13(21)9-20-16(22)18(4,5)19-17(20)23/h6-8,11,13,21H,9-10H2,1-5H3,(H,19,23)/t13-/m0/s1. The average Bonchev–Trinajstić information content (AvgIpc) is 2.67. The lowest BCUT2D eigenvalue weighted by atomic mass is 9.98. The highest BCUT2D eigenvalue weighted by atomic mass is 16.5. The summed E-state index contributed by atoms with van der Waals surface area (Å²) in [6, 6.07) is 5.33. The van der Waals surface area contributed by atoms with Crippen molar-refractivity contribution in [3.63, 3.8) is 0 Å². The Balaban J connectivity index is 1.92. The van der Waals surface area contributed by atoms with Crippen molar-refractivity contribution >= 4 is 11.9 Å². The third-order valence-corrected chi connectivity index (χ3v) is 4.14. The summed E-state index contributed by atoms with van der Waals surface area (Å²) >= 11 is 0. The van der Waals surface area contributed by atoms with Gasteiger partial charge in [0.2, 0.25) is 0 Å². The monoisotopic (exact) mass is 334 g/mol. The lowest BCUT2D eigenvalue weighted by Crippen LogP contribution is -2.42. The van der Waals surface area contributed by atoms with Gasteiger partial charge in [-0.1, -0.05) is 19.9 Å². The Morgan fingerprint density at radius 3 is 2.46 bits per heavy atom. The number of rotatable bonds is 6. The van der Waals surface area contributed by atoms with Crippen LogP contribution in [0.25, 0.3) is 0 Å². The van der Waals surface area contributed by atoms with Gasteiger partial charge in [0.15, 0.2) is 0 Å². The Bertz CT molecular complexity index is 640. The minimum absolute atomic E-state index is 0.0119. The molecule has 0 unspecified atom stereocenters. The van der Waals surface area contributed by atoms with Crippen LogP contribution in [-0.2, 0) is 4.79 Å². The van der Waals surface area contributed by atoms with E-state index in [0.29, 0.717) is 11.7 Å². The number of amides is 3. The highest BCUT2D eigenvalue weighted by Crippen LogP contribution is 2.23. The van der Waals surface area contributed by atoms with Gasteiger partial charge in [-0.2, -0.15) is 0 Å². The normalized spacial score (nSPS) is 18.0. The van der Waals surface area contributed by atoms with Crippen molar-refractivity contribution in [1.82, 2.24) is 10.2 Å². The first-order valence-corrected chi connectivity index (χ1v) is 8.17. The molecule has 1 aliphatic heterocycles. The molecule has 1 saturated heterocycles. The average molecular weight is 334 g/mol. The first-order chi connectivity index (χ1) is 11.1. The Labute approximate surface area is 142 Å². The highest BCUT2D eigenvalue weighted by Gasteiger charge is 2.44. The molecule has 0 radical (unpaired) electrons. The van der Waals surface area contributed by atoms with Gasteiger partial charge in [-0.05, 0) is 49.9 Å². The number of aliphatic hydroxyl groups is 1. The minimum Gasteiger partial charge on any atom is -0.491 e. The zero-order chi connectivity index (χ0) is 18.1. The number of benzene rings is 1. The van der Waals surface area contributed by atoms with Gasteiger partial charge < -0.3 is 15.2 Å². The number of β-amino-alcohol motifs (C(OH)–C–C–N with tert-alkyl or cyclic N) is 1. The third kappa shape index (κ3) is 3.87. The fourth-order valence-corrected chi connectivity index (χ4v) is 2.83. The predicted molar refractivity (Wildman–Crippen MR) is 91.1 cm³/mol. The molecule has 0 saturated carbocycles. The molecule has 3 amide bonds. The van der Waals surface area contributed by atoms with Crippen LogP contribution < -0.4 is 10.1 Å². The molecular weight excluding hydrogens is 308 g/mol. The van der Waals surface area contributed by atoms with Gasteiger partial charge in [-0.15, -0.1) is 0 Å². The van der Waals surface area contributed by atoms with Crippen molar-refractivity contribution < 1.29 is 19.4 Å². The fourth-order valence-electron chi connectivity index (χ4n) is 2.83. The second kappa shape index (κ2) is 6.81. The van der Waals surface area contributed by atoms with E-state index in [-0.39, 0.29) is 19.1 Å². The van der Waals surface area contributed by atoms with Crippen molar-refractivity contribution in [3.8, 4) is 5.75 Å². The van der Waals surface area contributed by atoms with Crippen LogP contribution in [0.5, 0.6) is 5.75 Å². The van der Waals surface area contributed by atoms with E-state index < -0.39 is 17.7 Å². The first-order valence-electron chi connectivity index (χ1n) is 8.17. The Morgan fingerprint density at radius 1 is 1.29 bits per heavy atom. The summed E-state index contributed by atoms with van der Waals surface area (Å²) in [7, 11) is 0. The zero-order valence-corrected chi connectivity index (χ0v) is 14.9. The summed E-state index contributed by atoms with van der Waals surface area (Å²) in [6.45, 7) is 9.48. The second-order valence-electron chi connectivity index (χ2n) is 7.11. The molecule has 1 fully saturated rings. The summed E-state index contributed by atoms with van der Waals surface area (Å²) in [5, 5.41) is 12.7. The van der Waals surface area contributed by atoms with Crippen LogP contribution in [0.3, 0.4) is 0 Å². The molecule has 1 aromatic carbocycles. The van der Waals surface area contributed by atoms with E-state index in [4.69, 9.17) is 4.74 Å². The lowest BCUT2D eigenvalue weighted by Gasteiger charge is -2.20. The van der Waals surface area contributed by atoms with Gasteiger partial charge in [0, 0.05) is 0 Å². The molecule has 24 heavy (non-hydrogen) atoms. The molecule has 1 aromatic rings. The molecule has 2 rings (SSSR count). The van der Waals surface area contributed by atoms with E-state index in [1.807, 2.05) is 25.1 Å². The van der Waals surface area contributed by atoms with Crippen molar-refractivity contribution in [1.29, 1.82) is 0 Å². The second-order valence-corrected chi connectivity index (χ2v) is 7.11. The van der Waals surface area contributed by atoms with Gasteiger partial charge in [0.05, 0.1) is 6.54 Å². The van der Waals surface area contributed by atoms with Gasteiger partial charge in [0.1, 0.15) is 24.0 Å². The van der Waals surface area contributed by atoms with E-state index in [1.54, 1.807) is 13.8 Å². The van der Waals surface area contributed by atoms with E-state index in [1.165, 1.54) is 5.56 Å². The molecule has 0 aromatic heterocycles. The van der Waals surface area contributed by atoms with Crippen LogP contribution in [0.2, 0.25) is 0 Å². The van der Waals surface area contributed by atoms with E-state index >= 15 is 0 Å². The zero-order valence-electron chi connectivity index (χ0n) is 14.9. The van der Waals surface area contributed by atoms with E-state index in [2.05, 4.69) is 19.2 Å². The van der Waals surface area contributed by atoms with Crippen LogP contribution in [-0.4, -0.2) is 46.7 Å². The molecular formula is C18H26N2O4. The Morgan fingerprint density at radius 2 is 1.96 bits per heavy atom. The SMILES string of the molecule is Cc1cc(OC[C@@H](O)CN2C(=O)NC(C)(C)C2=O)ccc1C(C)C. The molecule has 0 bridgehead atoms. The molecule has 6 heteroatoms. The van der Waals surface area contributed by atoms with E-state index in [0.717, 1.165) is 10.5 Å². The quantitative estimate of drug-likeness (QED) is 0.782. The highest BCUT2D eigenvalue weighted by molar-refractivity contribution is 6.06. The van der Waals surface area contributed by atoms with Crippen LogP contribution >= 0.6 is 0 Å². The molecule has 1 heterocycles. The molecule has 2 N–H and O–H groups in total. The molecule has 132 valence electrons. The number of hydrogen-bond donors (Lipinski definition) is 2. The van der Waals surface area contributed by atoms with Gasteiger partial charge in [0.25, 0.3) is 5.91 Å². The van der Waals surface area contributed by atoms with E-state index in [9.17, 15) is 14.7 Å². The largest absolute Gasteiger partial charge is 0.491 e. The number of nitrogens with one attached hydrogen (secondary N) is 1. The number of imide groups is 1. The number of aliphatic hydroxyl groups excluding tert-OH is 1. The van der Waals surface area contributed by atoms with Crippen molar-refractivity contribution in [3.05, 3.63) is 29.3 Å². The van der Waals surface area contributed by atoms with Gasteiger partial charge in [-0.25, -0.2) is 4.79 Å². The number of aryl methyl sites for hydroxylation is 1. The number of nitrogens with zero attached hydrogens (tertiary/aromatic N) is 1. The minimum atomic E-state index is -0.946. The Kier molecular flexibility index (Phi) is 5.18. The molecule has 1 atom stereocenters. The van der Waals surface area contributed by atoms with Gasteiger partial charge >= 0.3 is 6.03 Å². The number of urea groups is 1. The maximum absolute atomic E-state index is 12.1. The maximum Gasteiger partial charge on any atom is 0.325 e. The summed E-state index contributed by atoms with van der Waals surface area (Å²) in [4.78, 5) is 24.9. The fraction of sp³-hybridized carbons (Fsp3) is 0.556. The Hall–Kier alpha value is -2.08. The van der Waals surface area contributed by atoms with Crippen molar-refractivity contribution in [2.24, 2.45) is 0 Å². The summed E-state index contributed by atoms with van der Waals surface area (Å²) in [6.07, 6.45) is -0.946. The summed E-state index contributed by atoms with van der Waals surface area (Å²) in [5.41, 5.74) is 1.46. The summed E-state index contributed by atoms with van der Waals surface area (Å²) in [5.74, 6) is 0.754. The number of carbonyl (C=O) groups excluding carboxylic acids is 2. The number of carbonyl (C=O) groups is 2. The van der Waals surface area contributed by atoms with Crippen LogP contribution in [0.15, 0.2) is 18.2 Å². The third-order valence-electron chi connectivity index (χ3n) is 4.14.